The maximum atomic E-state index is 3.50. The van der Waals surface area contributed by atoms with Crippen LogP contribution in [0.5, 0.6) is 0 Å². The zero-order valence-corrected chi connectivity index (χ0v) is 13.7. The highest BCUT2D eigenvalue weighted by Crippen LogP contribution is 2.21. The Labute approximate surface area is 126 Å². The van der Waals surface area contributed by atoms with E-state index in [0.29, 0.717) is 6.04 Å². The van der Waals surface area contributed by atoms with Crippen LogP contribution in [0.4, 0.5) is 0 Å². The normalized spacial score (nSPS) is 25.1. The second-order valence-corrected chi connectivity index (χ2v) is 7.01. The first-order valence-electron chi connectivity index (χ1n) is 8.95. The molecule has 2 aliphatic heterocycles. The van der Waals surface area contributed by atoms with Gasteiger partial charge < -0.3 is 10.2 Å². The summed E-state index contributed by atoms with van der Waals surface area (Å²) in [5, 5.41) is 3.50. The molecule has 3 nitrogen and oxygen atoms in total. The first-order chi connectivity index (χ1) is 9.75. The van der Waals surface area contributed by atoms with E-state index >= 15 is 0 Å². The number of rotatable bonds is 8. The molecular formula is C17H35N3. The molecule has 20 heavy (non-hydrogen) atoms. The lowest BCUT2D eigenvalue weighted by atomic mass is 10.1. The second-order valence-electron chi connectivity index (χ2n) is 7.01. The molecule has 1 N–H and O–H groups in total. The number of unbranched alkanes of at least 4 members (excludes halogenated alkanes) is 3. The van der Waals surface area contributed by atoms with Crippen molar-refractivity contribution >= 4 is 0 Å². The summed E-state index contributed by atoms with van der Waals surface area (Å²) >= 11 is 0. The van der Waals surface area contributed by atoms with E-state index in [1.54, 1.807) is 0 Å². The Morgan fingerprint density at radius 2 is 1.80 bits per heavy atom. The number of nitrogens with zero attached hydrogens (tertiary/aromatic N) is 2. The van der Waals surface area contributed by atoms with Gasteiger partial charge in [0.25, 0.3) is 0 Å². The van der Waals surface area contributed by atoms with Crippen LogP contribution in [0.15, 0.2) is 0 Å². The Balaban J connectivity index is 1.50. The molecule has 2 saturated heterocycles. The topological polar surface area (TPSA) is 18.5 Å². The summed E-state index contributed by atoms with van der Waals surface area (Å²) in [5.41, 5.74) is 0. The molecule has 1 atom stereocenters. The maximum Gasteiger partial charge on any atom is 0.0223 e. The van der Waals surface area contributed by atoms with Crippen molar-refractivity contribution < 1.29 is 0 Å². The molecule has 0 aromatic heterocycles. The van der Waals surface area contributed by atoms with Crippen molar-refractivity contribution in [3.05, 3.63) is 0 Å². The van der Waals surface area contributed by atoms with Crippen molar-refractivity contribution in [2.24, 2.45) is 0 Å². The Bertz CT molecular complexity index is 255. The molecule has 0 radical (unpaired) electrons. The smallest absolute Gasteiger partial charge is 0.0223 e. The van der Waals surface area contributed by atoms with Crippen LogP contribution < -0.4 is 5.32 Å². The minimum atomic E-state index is 0.640. The number of nitrogens with one attached hydrogen (secondary N) is 1. The number of hydrogen-bond acceptors (Lipinski definition) is 3. The first kappa shape index (κ1) is 16.3. The quantitative estimate of drug-likeness (QED) is 0.690. The van der Waals surface area contributed by atoms with E-state index in [0.717, 1.165) is 6.04 Å². The van der Waals surface area contributed by atoms with Crippen molar-refractivity contribution in [2.45, 2.75) is 70.9 Å². The lowest BCUT2D eigenvalue weighted by molar-refractivity contribution is 0.217. The molecule has 2 fully saturated rings. The lowest BCUT2D eigenvalue weighted by Gasteiger charge is -2.25. The molecule has 0 bridgehead atoms. The van der Waals surface area contributed by atoms with Crippen LogP contribution in [0.3, 0.4) is 0 Å². The average molecular weight is 281 g/mol. The Morgan fingerprint density at radius 3 is 2.65 bits per heavy atom. The Hall–Kier alpha value is -0.120. The maximum absolute atomic E-state index is 3.50. The number of hydrogen-bond donors (Lipinski definition) is 1. The highest BCUT2D eigenvalue weighted by Gasteiger charge is 2.28. The SMILES string of the molecule is CC(C)NCCCCCCN1CCCN2CCCC2C1. The van der Waals surface area contributed by atoms with Gasteiger partial charge in [-0.25, -0.2) is 0 Å². The van der Waals surface area contributed by atoms with E-state index in [1.807, 2.05) is 0 Å². The summed E-state index contributed by atoms with van der Waals surface area (Å²) in [4.78, 5) is 5.47. The van der Waals surface area contributed by atoms with Crippen molar-refractivity contribution in [1.82, 2.24) is 15.1 Å². The van der Waals surface area contributed by atoms with Crippen LogP contribution >= 0.6 is 0 Å². The average Bonchev–Trinajstić information content (AvgIpc) is 2.76. The molecule has 2 aliphatic rings. The van der Waals surface area contributed by atoms with Crippen LogP contribution in [0, 0.1) is 0 Å². The van der Waals surface area contributed by atoms with E-state index in [2.05, 4.69) is 29.0 Å². The monoisotopic (exact) mass is 281 g/mol. The van der Waals surface area contributed by atoms with Gasteiger partial charge in [0.05, 0.1) is 0 Å². The summed E-state index contributed by atoms with van der Waals surface area (Å²) in [7, 11) is 0. The van der Waals surface area contributed by atoms with E-state index < -0.39 is 0 Å². The predicted molar refractivity (Wildman–Crippen MR) is 87.3 cm³/mol. The van der Waals surface area contributed by atoms with Gasteiger partial charge in [-0.05, 0) is 64.8 Å². The molecule has 0 aliphatic carbocycles. The third kappa shape index (κ3) is 5.71. The lowest BCUT2D eigenvalue weighted by Crippen LogP contribution is -2.37. The Kier molecular flexibility index (Phi) is 7.32. The van der Waals surface area contributed by atoms with Crippen molar-refractivity contribution in [1.29, 1.82) is 0 Å². The molecule has 0 amide bonds. The van der Waals surface area contributed by atoms with E-state index in [4.69, 9.17) is 0 Å². The zero-order valence-electron chi connectivity index (χ0n) is 13.7. The summed E-state index contributed by atoms with van der Waals surface area (Å²) in [6.45, 7) is 12.4. The third-order valence-corrected chi connectivity index (χ3v) is 4.84. The highest BCUT2D eigenvalue weighted by molar-refractivity contribution is 4.84. The van der Waals surface area contributed by atoms with Crippen molar-refractivity contribution in [3.8, 4) is 0 Å². The fraction of sp³-hybridized carbons (Fsp3) is 1.00. The molecule has 0 aromatic rings. The van der Waals surface area contributed by atoms with Crippen LogP contribution in [0.1, 0.15) is 58.8 Å². The second kappa shape index (κ2) is 9.01. The van der Waals surface area contributed by atoms with Gasteiger partial charge >= 0.3 is 0 Å². The zero-order chi connectivity index (χ0) is 14.2. The van der Waals surface area contributed by atoms with Gasteiger partial charge in [0.15, 0.2) is 0 Å². The summed E-state index contributed by atoms with van der Waals surface area (Å²) in [5.74, 6) is 0. The first-order valence-corrected chi connectivity index (χ1v) is 8.95. The van der Waals surface area contributed by atoms with Crippen molar-refractivity contribution in [3.63, 3.8) is 0 Å². The number of fused-ring (bicyclic) bond motifs is 1. The van der Waals surface area contributed by atoms with Crippen LogP contribution in [0.2, 0.25) is 0 Å². The van der Waals surface area contributed by atoms with Gasteiger partial charge in [0.2, 0.25) is 0 Å². The van der Waals surface area contributed by atoms with Crippen LogP contribution in [0.25, 0.3) is 0 Å². The van der Waals surface area contributed by atoms with Gasteiger partial charge in [-0.2, -0.15) is 0 Å². The van der Waals surface area contributed by atoms with Gasteiger partial charge in [-0.1, -0.05) is 26.7 Å². The molecule has 1 unspecified atom stereocenters. The largest absolute Gasteiger partial charge is 0.315 e. The standard InChI is InChI=1S/C17H35N3/c1-16(2)18-10-5-3-4-6-11-19-12-8-14-20-13-7-9-17(20)15-19/h16-18H,3-15H2,1-2H3. The predicted octanol–water partition coefficient (Wildman–Crippen LogP) is 2.71. The van der Waals surface area contributed by atoms with E-state index in [9.17, 15) is 0 Å². The molecule has 3 heteroatoms. The van der Waals surface area contributed by atoms with Gasteiger partial charge in [0.1, 0.15) is 0 Å². The fourth-order valence-electron chi connectivity index (χ4n) is 3.69. The summed E-state index contributed by atoms with van der Waals surface area (Å²) < 4.78 is 0. The fourth-order valence-corrected chi connectivity index (χ4v) is 3.69. The molecule has 0 saturated carbocycles. The minimum absolute atomic E-state index is 0.640. The van der Waals surface area contributed by atoms with E-state index in [1.165, 1.54) is 84.2 Å². The summed E-state index contributed by atoms with van der Waals surface area (Å²) in [6, 6.07) is 1.52. The molecule has 0 aromatic carbocycles. The van der Waals surface area contributed by atoms with Gasteiger partial charge in [0, 0.05) is 18.6 Å². The molecule has 0 spiro atoms. The van der Waals surface area contributed by atoms with E-state index in [-0.39, 0.29) is 0 Å². The summed E-state index contributed by atoms with van der Waals surface area (Å²) in [6.07, 6.45) is 9.80. The van der Waals surface area contributed by atoms with Crippen LogP contribution in [-0.4, -0.2) is 61.2 Å². The van der Waals surface area contributed by atoms with Gasteiger partial charge in [-0.15, -0.1) is 0 Å². The Morgan fingerprint density at radius 1 is 1.00 bits per heavy atom. The molecule has 2 rings (SSSR count). The third-order valence-electron chi connectivity index (χ3n) is 4.84. The van der Waals surface area contributed by atoms with Crippen LogP contribution in [-0.2, 0) is 0 Å². The molecule has 2 heterocycles. The van der Waals surface area contributed by atoms with Gasteiger partial charge in [-0.3, -0.25) is 4.90 Å². The highest BCUT2D eigenvalue weighted by atomic mass is 15.3. The van der Waals surface area contributed by atoms with Crippen molar-refractivity contribution in [2.75, 3.05) is 39.3 Å². The molecular weight excluding hydrogens is 246 g/mol. The minimum Gasteiger partial charge on any atom is -0.315 e. The molecule has 118 valence electrons.